The molecule has 102 valence electrons. The molecule has 1 aliphatic carbocycles. The maximum absolute atomic E-state index is 4.66. The van der Waals surface area contributed by atoms with Gasteiger partial charge in [0.15, 0.2) is 0 Å². The third-order valence-electron chi connectivity index (χ3n) is 4.43. The highest BCUT2D eigenvalue weighted by Crippen LogP contribution is 2.32. The number of hydrogen-bond acceptors (Lipinski definition) is 2. The number of nitrogens with one attached hydrogen (secondary N) is 1. The summed E-state index contributed by atoms with van der Waals surface area (Å²) in [5, 5.41) is 3.61. The molecular formula is C15H27N3. The molecule has 0 aliphatic heterocycles. The van der Waals surface area contributed by atoms with Crippen LogP contribution in [0.15, 0.2) is 6.20 Å². The van der Waals surface area contributed by atoms with Crippen LogP contribution in [-0.2, 0) is 0 Å². The summed E-state index contributed by atoms with van der Waals surface area (Å²) in [6.45, 7) is 8.90. The van der Waals surface area contributed by atoms with Crippen LogP contribution >= 0.6 is 0 Å². The van der Waals surface area contributed by atoms with Gasteiger partial charge in [0.05, 0.1) is 5.69 Å². The molecule has 0 amide bonds. The van der Waals surface area contributed by atoms with Crippen LogP contribution in [0, 0.1) is 12.8 Å². The number of rotatable bonds is 5. The van der Waals surface area contributed by atoms with Gasteiger partial charge in [-0.15, -0.1) is 0 Å². The third-order valence-corrected chi connectivity index (χ3v) is 4.43. The fourth-order valence-corrected chi connectivity index (χ4v) is 2.78. The van der Waals surface area contributed by atoms with E-state index in [4.69, 9.17) is 0 Å². The largest absolute Gasteiger partial charge is 0.353 e. The van der Waals surface area contributed by atoms with Gasteiger partial charge >= 0.3 is 0 Å². The van der Waals surface area contributed by atoms with Crippen molar-refractivity contribution >= 4 is 5.95 Å². The van der Waals surface area contributed by atoms with E-state index in [2.05, 4.69) is 48.8 Å². The average Bonchev–Trinajstić information content (AvgIpc) is 2.97. The minimum atomic E-state index is 0.483. The molecule has 1 saturated carbocycles. The molecule has 3 nitrogen and oxygen atoms in total. The van der Waals surface area contributed by atoms with Gasteiger partial charge in [0, 0.05) is 18.3 Å². The van der Waals surface area contributed by atoms with E-state index in [0.29, 0.717) is 18.0 Å². The van der Waals surface area contributed by atoms with Gasteiger partial charge in [0.2, 0.25) is 5.95 Å². The summed E-state index contributed by atoms with van der Waals surface area (Å²) in [4.78, 5) is 4.66. The van der Waals surface area contributed by atoms with Crippen LogP contribution in [-0.4, -0.2) is 15.6 Å². The molecule has 0 aromatic carbocycles. The van der Waals surface area contributed by atoms with Crippen molar-refractivity contribution < 1.29 is 0 Å². The van der Waals surface area contributed by atoms with E-state index in [1.807, 2.05) is 0 Å². The lowest BCUT2D eigenvalue weighted by Gasteiger charge is -2.23. The quantitative estimate of drug-likeness (QED) is 0.849. The van der Waals surface area contributed by atoms with Crippen LogP contribution in [0.5, 0.6) is 0 Å². The van der Waals surface area contributed by atoms with Gasteiger partial charge in [0.1, 0.15) is 0 Å². The second kappa shape index (κ2) is 5.77. The zero-order valence-corrected chi connectivity index (χ0v) is 12.2. The molecule has 1 aliphatic rings. The van der Waals surface area contributed by atoms with Gasteiger partial charge in [0.25, 0.3) is 0 Å². The van der Waals surface area contributed by atoms with E-state index >= 15 is 0 Å². The smallest absolute Gasteiger partial charge is 0.203 e. The fraction of sp³-hybridized carbons (Fsp3) is 0.800. The highest BCUT2D eigenvalue weighted by Gasteiger charge is 2.21. The number of aryl methyl sites for hydroxylation is 1. The maximum atomic E-state index is 4.66. The number of nitrogens with zero attached hydrogens (tertiary/aromatic N) is 2. The summed E-state index contributed by atoms with van der Waals surface area (Å²) in [5.74, 6) is 1.76. The predicted octanol–water partition coefficient (Wildman–Crippen LogP) is 4.15. The fourth-order valence-electron chi connectivity index (χ4n) is 2.78. The van der Waals surface area contributed by atoms with Gasteiger partial charge < -0.3 is 9.88 Å². The summed E-state index contributed by atoms with van der Waals surface area (Å²) >= 11 is 0. The Labute approximate surface area is 111 Å². The topological polar surface area (TPSA) is 29.9 Å². The lowest BCUT2D eigenvalue weighted by Crippen LogP contribution is -2.25. The molecule has 18 heavy (non-hydrogen) atoms. The molecule has 1 heterocycles. The van der Waals surface area contributed by atoms with Crippen LogP contribution in [0.1, 0.15) is 64.6 Å². The summed E-state index contributed by atoms with van der Waals surface area (Å²) in [5.41, 5.74) is 1.13. The van der Waals surface area contributed by atoms with E-state index in [1.54, 1.807) is 0 Å². The highest BCUT2D eigenvalue weighted by molar-refractivity contribution is 5.31. The number of hydrogen-bond donors (Lipinski definition) is 1. The molecular weight excluding hydrogens is 222 g/mol. The maximum Gasteiger partial charge on any atom is 0.203 e. The first-order valence-electron chi connectivity index (χ1n) is 7.43. The Bertz CT molecular complexity index is 377. The third kappa shape index (κ3) is 2.88. The molecule has 0 radical (unpaired) electrons. The van der Waals surface area contributed by atoms with Gasteiger partial charge in [-0.05, 0) is 32.6 Å². The number of anilines is 1. The van der Waals surface area contributed by atoms with Crippen LogP contribution in [0.2, 0.25) is 0 Å². The first kappa shape index (κ1) is 13.4. The molecule has 0 saturated heterocycles. The van der Waals surface area contributed by atoms with Crippen molar-refractivity contribution in [3.8, 4) is 0 Å². The van der Waals surface area contributed by atoms with Gasteiger partial charge in [-0.2, -0.15) is 0 Å². The first-order chi connectivity index (χ1) is 8.61. The number of aromatic nitrogens is 2. The molecule has 1 fully saturated rings. The summed E-state index contributed by atoms with van der Waals surface area (Å²) in [6, 6.07) is 1.15. The molecule has 0 spiro atoms. The van der Waals surface area contributed by atoms with Gasteiger partial charge in [-0.1, -0.05) is 33.1 Å². The van der Waals surface area contributed by atoms with Crippen molar-refractivity contribution in [2.24, 2.45) is 5.92 Å². The Kier molecular flexibility index (Phi) is 4.31. The van der Waals surface area contributed by atoms with E-state index in [9.17, 15) is 0 Å². The Balaban J connectivity index is 2.11. The first-order valence-corrected chi connectivity index (χ1v) is 7.43. The molecule has 1 aromatic heterocycles. The number of imidazole rings is 1. The van der Waals surface area contributed by atoms with Crippen molar-refractivity contribution in [3.63, 3.8) is 0 Å². The van der Waals surface area contributed by atoms with E-state index in [-0.39, 0.29) is 0 Å². The van der Waals surface area contributed by atoms with Crippen molar-refractivity contribution in [1.29, 1.82) is 0 Å². The Hall–Kier alpha value is -0.990. The minimum Gasteiger partial charge on any atom is -0.353 e. The van der Waals surface area contributed by atoms with Crippen molar-refractivity contribution in [1.82, 2.24) is 9.55 Å². The van der Waals surface area contributed by atoms with Crippen molar-refractivity contribution in [2.75, 3.05) is 5.32 Å². The zero-order valence-electron chi connectivity index (χ0n) is 12.2. The molecule has 2 atom stereocenters. The molecule has 0 bridgehead atoms. The Morgan fingerprint density at radius 3 is 2.67 bits per heavy atom. The zero-order chi connectivity index (χ0) is 13.1. The van der Waals surface area contributed by atoms with Crippen LogP contribution in [0.25, 0.3) is 0 Å². The van der Waals surface area contributed by atoms with E-state index < -0.39 is 0 Å². The monoisotopic (exact) mass is 249 g/mol. The lowest BCUT2D eigenvalue weighted by molar-refractivity contribution is 0.478. The van der Waals surface area contributed by atoms with Crippen molar-refractivity contribution in [2.45, 2.75) is 71.9 Å². The van der Waals surface area contributed by atoms with Crippen LogP contribution in [0.4, 0.5) is 5.95 Å². The second-order valence-corrected chi connectivity index (χ2v) is 5.87. The molecule has 1 aromatic rings. The van der Waals surface area contributed by atoms with Crippen molar-refractivity contribution in [3.05, 3.63) is 11.9 Å². The highest BCUT2D eigenvalue weighted by atomic mass is 15.2. The SMILES string of the molecule is CCC(C)C(C)Nc1nc(C)cn1C1CCCC1. The predicted molar refractivity (Wildman–Crippen MR) is 77.0 cm³/mol. The Morgan fingerprint density at radius 2 is 2.06 bits per heavy atom. The average molecular weight is 249 g/mol. The van der Waals surface area contributed by atoms with Gasteiger partial charge in [-0.25, -0.2) is 4.98 Å². The normalized spacial score (nSPS) is 20.0. The minimum absolute atomic E-state index is 0.483. The lowest BCUT2D eigenvalue weighted by atomic mass is 10.0. The standard InChI is InChI=1S/C15H27N3/c1-5-11(2)13(4)17-15-16-12(3)10-18(15)14-8-6-7-9-14/h10-11,13-14H,5-9H2,1-4H3,(H,16,17). The molecule has 2 unspecified atom stereocenters. The second-order valence-electron chi connectivity index (χ2n) is 5.87. The molecule has 1 N–H and O–H groups in total. The summed E-state index contributed by atoms with van der Waals surface area (Å²) in [7, 11) is 0. The van der Waals surface area contributed by atoms with Gasteiger partial charge in [-0.3, -0.25) is 0 Å². The molecule has 2 rings (SSSR count). The summed E-state index contributed by atoms with van der Waals surface area (Å²) in [6.07, 6.45) is 8.76. The van der Waals surface area contributed by atoms with E-state index in [0.717, 1.165) is 11.6 Å². The van der Waals surface area contributed by atoms with Crippen LogP contribution < -0.4 is 5.32 Å². The Morgan fingerprint density at radius 1 is 1.39 bits per heavy atom. The van der Waals surface area contributed by atoms with E-state index in [1.165, 1.54) is 32.1 Å². The summed E-state index contributed by atoms with van der Waals surface area (Å²) < 4.78 is 2.38. The van der Waals surface area contributed by atoms with Crippen LogP contribution in [0.3, 0.4) is 0 Å². The molecule has 3 heteroatoms.